The largest absolute Gasteiger partial charge is 0.457 e. The summed E-state index contributed by atoms with van der Waals surface area (Å²) >= 11 is 6.07. The van der Waals surface area contributed by atoms with Crippen LogP contribution in [-0.2, 0) is 18.0 Å². The van der Waals surface area contributed by atoms with Crippen molar-refractivity contribution < 1.29 is 14.0 Å². The molecule has 2 aromatic carbocycles. The first-order chi connectivity index (χ1) is 17.0. The lowest BCUT2D eigenvalue weighted by atomic mass is 10.1. The van der Waals surface area contributed by atoms with E-state index < -0.39 is 8.32 Å². The molecule has 2 heterocycles. The van der Waals surface area contributed by atoms with E-state index in [2.05, 4.69) is 50.4 Å². The van der Waals surface area contributed by atoms with E-state index in [1.807, 2.05) is 30.5 Å². The molecule has 0 bridgehead atoms. The first kappa shape index (κ1) is 26.6. The van der Waals surface area contributed by atoms with Crippen molar-refractivity contribution in [2.24, 2.45) is 7.05 Å². The normalized spacial score (nSPS) is 16.9. The van der Waals surface area contributed by atoms with Crippen molar-refractivity contribution in [2.75, 3.05) is 13.1 Å². The predicted octanol–water partition coefficient (Wildman–Crippen LogP) is 6.94. The van der Waals surface area contributed by atoms with Crippen LogP contribution in [0, 0.1) is 0 Å². The van der Waals surface area contributed by atoms with E-state index in [0.717, 1.165) is 49.4 Å². The summed E-state index contributed by atoms with van der Waals surface area (Å²) in [5.41, 5.74) is 2.55. The Morgan fingerprint density at radius 2 is 1.89 bits per heavy atom. The maximum atomic E-state index is 11.3. The van der Waals surface area contributed by atoms with Crippen LogP contribution in [0.1, 0.15) is 43.4 Å². The molecule has 4 rings (SSSR count). The van der Waals surface area contributed by atoms with E-state index in [1.54, 1.807) is 18.2 Å². The lowest BCUT2D eigenvalue weighted by Crippen LogP contribution is -2.44. The van der Waals surface area contributed by atoms with E-state index in [1.165, 1.54) is 0 Å². The number of hydrogen-bond donors (Lipinski definition) is 0. The number of halogens is 1. The molecule has 0 spiro atoms. The highest BCUT2D eigenvalue weighted by molar-refractivity contribution is 6.74. The number of ether oxygens (including phenoxy) is 1. The smallest absolute Gasteiger partial charge is 0.192 e. The predicted molar refractivity (Wildman–Crippen MR) is 148 cm³/mol. The number of carbonyl (C=O) groups is 1. The zero-order valence-corrected chi connectivity index (χ0v) is 23.8. The Hall–Kier alpha value is -2.45. The van der Waals surface area contributed by atoms with E-state index in [9.17, 15) is 4.79 Å². The molecular weight excluding hydrogens is 490 g/mol. The van der Waals surface area contributed by atoms with E-state index in [4.69, 9.17) is 25.7 Å². The summed E-state index contributed by atoms with van der Waals surface area (Å²) in [6, 6.07) is 12.7. The fourth-order valence-electron chi connectivity index (χ4n) is 4.21. The van der Waals surface area contributed by atoms with Gasteiger partial charge in [0, 0.05) is 36.8 Å². The van der Waals surface area contributed by atoms with Gasteiger partial charge in [-0.2, -0.15) is 0 Å². The van der Waals surface area contributed by atoms with Gasteiger partial charge in [0.05, 0.1) is 30.1 Å². The Labute approximate surface area is 220 Å². The van der Waals surface area contributed by atoms with Gasteiger partial charge in [0.15, 0.2) is 14.6 Å². The number of rotatable bonds is 8. The number of aromatic nitrogens is 2. The zero-order valence-electron chi connectivity index (χ0n) is 22.0. The quantitative estimate of drug-likeness (QED) is 0.235. The molecule has 0 radical (unpaired) electrons. The van der Waals surface area contributed by atoms with Crippen molar-refractivity contribution in [2.45, 2.75) is 58.0 Å². The molecule has 1 atom stereocenters. The second kappa shape index (κ2) is 10.5. The lowest BCUT2D eigenvalue weighted by Gasteiger charge is -2.38. The Morgan fingerprint density at radius 3 is 2.56 bits per heavy atom. The van der Waals surface area contributed by atoms with Crippen LogP contribution in [0.25, 0.3) is 11.3 Å². The summed E-state index contributed by atoms with van der Waals surface area (Å²) in [5.74, 6) is 2.11. The van der Waals surface area contributed by atoms with E-state index in [-0.39, 0.29) is 5.04 Å². The number of imidazole rings is 1. The second-order valence-electron chi connectivity index (χ2n) is 11.1. The molecule has 1 aliphatic rings. The number of carbonyl (C=O) groups excluding carboxylic acids is 1. The molecule has 1 aromatic heterocycles. The zero-order chi connectivity index (χ0) is 26.1. The van der Waals surface area contributed by atoms with Gasteiger partial charge in [-0.15, -0.1) is 0 Å². The molecule has 3 aromatic rings. The molecule has 8 heteroatoms. The van der Waals surface area contributed by atoms with Crippen molar-refractivity contribution in [3.63, 3.8) is 0 Å². The van der Waals surface area contributed by atoms with Gasteiger partial charge in [0.25, 0.3) is 0 Å². The minimum absolute atomic E-state index is 0.223. The molecular formula is C28H36ClN3O3Si. The molecule has 1 unspecified atom stereocenters. The Kier molecular flexibility index (Phi) is 7.76. The van der Waals surface area contributed by atoms with Crippen molar-refractivity contribution in [1.29, 1.82) is 0 Å². The van der Waals surface area contributed by atoms with Crippen molar-refractivity contribution >= 4 is 26.2 Å². The SMILES string of the molecule is Cn1c(-c2ccc(Oc3cc(Cl)ccc3C=O)cc2)cnc1CN1CCC(O[Si](C)(C)C(C)(C)C)C1. The summed E-state index contributed by atoms with van der Waals surface area (Å²) in [4.78, 5) is 18.5. The number of likely N-dealkylation sites (tertiary alicyclic amines) is 1. The van der Waals surface area contributed by atoms with Crippen molar-refractivity contribution in [1.82, 2.24) is 14.5 Å². The Balaban J connectivity index is 1.40. The van der Waals surface area contributed by atoms with Crippen molar-refractivity contribution in [3.05, 3.63) is 65.1 Å². The molecule has 0 aliphatic carbocycles. The molecule has 6 nitrogen and oxygen atoms in total. The maximum Gasteiger partial charge on any atom is 0.192 e. The van der Waals surface area contributed by atoms with Crippen LogP contribution in [0.2, 0.25) is 23.2 Å². The first-order valence-electron chi connectivity index (χ1n) is 12.4. The highest BCUT2D eigenvalue weighted by atomic mass is 35.5. The minimum atomic E-state index is -1.76. The molecule has 0 amide bonds. The van der Waals surface area contributed by atoms with Gasteiger partial charge in [-0.1, -0.05) is 32.4 Å². The Morgan fingerprint density at radius 1 is 1.17 bits per heavy atom. The van der Waals surface area contributed by atoms with Gasteiger partial charge >= 0.3 is 0 Å². The molecule has 1 fully saturated rings. The monoisotopic (exact) mass is 525 g/mol. The standard InChI is InChI=1S/C28H36ClN3O3Si/c1-28(2,3)36(5,6)35-24-13-14-32(17-24)18-27-30-16-25(31(27)4)20-8-11-23(12-9-20)34-26-15-22(29)10-7-21(26)19-33/h7-12,15-16,19,24H,13-14,17-18H2,1-6H3. The fourth-order valence-corrected chi connectivity index (χ4v) is 5.75. The molecule has 36 heavy (non-hydrogen) atoms. The summed E-state index contributed by atoms with van der Waals surface area (Å²) in [6.45, 7) is 14.3. The van der Waals surface area contributed by atoms with Crippen LogP contribution in [-0.4, -0.2) is 48.2 Å². The van der Waals surface area contributed by atoms with Crippen LogP contribution < -0.4 is 4.74 Å². The van der Waals surface area contributed by atoms with Crippen LogP contribution in [0.5, 0.6) is 11.5 Å². The second-order valence-corrected chi connectivity index (χ2v) is 16.3. The van der Waals surface area contributed by atoms with Gasteiger partial charge in [-0.05, 0) is 61.0 Å². The van der Waals surface area contributed by atoms with Crippen molar-refractivity contribution in [3.8, 4) is 22.8 Å². The molecule has 1 saturated heterocycles. The third-order valence-electron chi connectivity index (χ3n) is 7.43. The van der Waals surface area contributed by atoms with Crippen LogP contribution in [0.4, 0.5) is 0 Å². The van der Waals surface area contributed by atoms with Gasteiger partial charge in [-0.25, -0.2) is 4.98 Å². The van der Waals surface area contributed by atoms with Crippen LogP contribution >= 0.6 is 11.6 Å². The van der Waals surface area contributed by atoms with E-state index in [0.29, 0.717) is 28.2 Å². The molecule has 0 N–H and O–H groups in total. The highest BCUT2D eigenvalue weighted by Gasteiger charge is 2.40. The third kappa shape index (κ3) is 5.91. The lowest BCUT2D eigenvalue weighted by molar-refractivity contribution is 0.112. The van der Waals surface area contributed by atoms with E-state index >= 15 is 0 Å². The van der Waals surface area contributed by atoms with Gasteiger partial charge in [0.2, 0.25) is 0 Å². The first-order valence-corrected chi connectivity index (χ1v) is 15.7. The van der Waals surface area contributed by atoms with Gasteiger partial charge in [-0.3, -0.25) is 9.69 Å². The molecule has 0 saturated carbocycles. The summed E-state index contributed by atoms with van der Waals surface area (Å²) in [6.07, 6.45) is 4.06. The third-order valence-corrected chi connectivity index (χ3v) is 12.2. The maximum absolute atomic E-state index is 11.3. The summed E-state index contributed by atoms with van der Waals surface area (Å²) in [7, 11) is 0.298. The number of aldehydes is 1. The molecule has 192 valence electrons. The minimum Gasteiger partial charge on any atom is -0.457 e. The topological polar surface area (TPSA) is 56.6 Å². The summed E-state index contributed by atoms with van der Waals surface area (Å²) < 4.78 is 14.7. The van der Waals surface area contributed by atoms with Crippen LogP contribution in [0.15, 0.2) is 48.7 Å². The number of benzene rings is 2. The Bertz CT molecular complexity index is 1220. The van der Waals surface area contributed by atoms with Gasteiger partial charge < -0.3 is 13.7 Å². The average molecular weight is 526 g/mol. The van der Waals surface area contributed by atoms with Crippen LogP contribution in [0.3, 0.4) is 0 Å². The highest BCUT2D eigenvalue weighted by Crippen LogP contribution is 2.38. The average Bonchev–Trinajstić information content (AvgIpc) is 3.40. The number of hydrogen-bond acceptors (Lipinski definition) is 5. The number of nitrogens with zero attached hydrogens (tertiary/aromatic N) is 3. The molecule has 1 aliphatic heterocycles. The fraction of sp³-hybridized carbons (Fsp3) is 0.429. The van der Waals surface area contributed by atoms with Gasteiger partial charge in [0.1, 0.15) is 17.3 Å². The summed E-state index contributed by atoms with van der Waals surface area (Å²) in [5, 5.41) is 0.742.